The van der Waals surface area contributed by atoms with Crippen molar-refractivity contribution in [3.63, 3.8) is 0 Å². The van der Waals surface area contributed by atoms with Crippen LogP contribution >= 0.6 is 0 Å². The SMILES string of the molecule is CNCc1c(C)nn(-c2ccc(C(=O)O)cc2)c1C. The molecule has 0 bridgehead atoms. The Morgan fingerprint density at radius 2 is 1.95 bits per heavy atom. The molecule has 2 rings (SSSR count). The standard InChI is InChI=1S/C14H17N3O2/c1-9-13(8-15-3)10(2)17(16-9)12-6-4-11(5-7-12)14(18)19/h4-7,15H,8H2,1-3H3,(H,18,19). The summed E-state index contributed by atoms with van der Waals surface area (Å²) < 4.78 is 1.84. The zero-order valence-corrected chi connectivity index (χ0v) is 11.3. The van der Waals surface area contributed by atoms with Gasteiger partial charge < -0.3 is 10.4 Å². The van der Waals surface area contributed by atoms with Crippen LogP contribution in [0, 0.1) is 13.8 Å². The van der Waals surface area contributed by atoms with Crippen LogP contribution in [0.15, 0.2) is 24.3 Å². The van der Waals surface area contributed by atoms with Gasteiger partial charge >= 0.3 is 5.97 Å². The Balaban J connectivity index is 2.41. The Morgan fingerprint density at radius 1 is 1.32 bits per heavy atom. The summed E-state index contributed by atoms with van der Waals surface area (Å²) in [4.78, 5) is 10.8. The maximum absolute atomic E-state index is 10.8. The third-order valence-corrected chi connectivity index (χ3v) is 3.15. The first kappa shape index (κ1) is 13.3. The minimum atomic E-state index is -0.921. The van der Waals surface area contributed by atoms with E-state index in [9.17, 15) is 4.79 Å². The van der Waals surface area contributed by atoms with Crippen LogP contribution in [0.2, 0.25) is 0 Å². The lowest BCUT2D eigenvalue weighted by Crippen LogP contribution is -2.07. The molecule has 0 aliphatic heterocycles. The van der Waals surface area contributed by atoms with Gasteiger partial charge in [-0.1, -0.05) is 0 Å². The van der Waals surface area contributed by atoms with Crippen molar-refractivity contribution in [1.82, 2.24) is 15.1 Å². The molecule has 0 aliphatic carbocycles. The number of carbonyl (C=O) groups is 1. The first-order valence-corrected chi connectivity index (χ1v) is 6.08. The molecule has 0 saturated heterocycles. The molecule has 1 aromatic heterocycles. The molecule has 0 amide bonds. The van der Waals surface area contributed by atoms with Gasteiger partial charge in [-0.25, -0.2) is 9.48 Å². The summed E-state index contributed by atoms with van der Waals surface area (Å²) in [5.41, 5.74) is 4.36. The van der Waals surface area contributed by atoms with Gasteiger partial charge in [-0.05, 0) is 45.2 Å². The van der Waals surface area contributed by atoms with Crippen LogP contribution < -0.4 is 5.32 Å². The van der Waals surface area contributed by atoms with Gasteiger partial charge in [-0.3, -0.25) is 0 Å². The van der Waals surface area contributed by atoms with Crippen molar-refractivity contribution < 1.29 is 9.90 Å². The third-order valence-electron chi connectivity index (χ3n) is 3.15. The molecular weight excluding hydrogens is 242 g/mol. The Hall–Kier alpha value is -2.14. The molecular formula is C14H17N3O2. The van der Waals surface area contributed by atoms with Crippen LogP contribution in [0.3, 0.4) is 0 Å². The van der Waals surface area contributed by atoms with E-state index in [1.807, 2.05) is 25.6 Å². The maximum Gasteiger partial charge on any atom is 0.335 e. The van der Waals surface area contributed by atoms with E-state index >= 15 is 0 Å². The lowest BCUT2D eigenvalue weighted by Gasteiger charge is -2.06. The predicted octanol–water partition coefficient (Wildman–Crippen LogP) is 1.91. The molecule has 1 aromatic carbocycles. The summed E-state index contributed by atoms with van der Waals surface area (Å²) in [6.07, 6.45) is 0. The van der Waals surface area contributed by atoms with Crippen LogP contribution in [-0.2, 0) is 6.54 Å². The van der Waals surface area contributed by atoms with Crippen molar-refractivity contribution in [2.45, 2.75) is 20.4 Å². The van der Waals surface area contributed by atoms with Crippen molar-refractivity contribution in [3.8, 4) is 5.69 Å². The predicted molar refractivity (Wildman–Crippen MR) is 72.8 cm³/mol. The van der Waals surface area contributed by atoms with Crippen molar-refractivity contribution in [1.29, 1.82) is 0 Å². The quantitative estimate of drug-likeness (QED) is 0.880. The summed E-state index contributed by atoms with van der Waals surface area (Å²) in [5, 5.41) is 16.5. The van der Waals surface area contributed by atoms with E-state index in [0.717, 1.165) is 23.6 Å². The maximum atomic E-state index is 10.8. The first-order valence-electron chi connectivity index (χ1n) is 6.08. The lowest BCUT2D eigenvalue weighted by molar-refractivity contribution is 0.0697. The molecule has 1 heterocycles. The second-order valence-corrected chi connectivity index (χ2v) is 4.44. The highest BCUT2D eigenvalue weighted by atomic mass is 16.4. The molecule has 0 atom stereocenters. The summed E-state index contributed by atoms with van der Waals surface area (Å²) in [6, 6.07) is 6.72. The summed E-state index contributed by atoms with van der Waals surface area (Å²) in [7, 11) is 1.90. The van der Waals surface area contributed by atoms with Crippen LogP contribution in [0.4, 0.5) is 0 Å². The number of hydrogen-bond acceptors (Lipinski definition) is 3. The van der Waals surface area contributed by atoms with Gasteiger partial charge in [0.05, 0.1) is 16.9 Å². The molecule has 0 aliphatic rings. The number of nitrogens with zero attached hydrogens (tertiary/aromatic N) is 2. The number of carboxylic acids is 1. The van der Waals surface area contributed by atoms with E-state index in [0.29, 0.717) is 0 Å². The number of nitrogens with one attached hydrogen (secondary N) is 1. The van der Waals surface area contributed by atoms with E-state index in [4.69, 9.17) is 5.11 Å². The molecule has 0 saturated carbocycles. The van der Waals surface area contributed by atoms with Crippen molar-refractivity contribution in [2.24, 2.45) is 0 Å². The number of benzene rings is 1. The van der Waals surface area contributed by atoms with E-state index in [1.54, 1.807) is 24.3 Å². The summed E-state index contributed by atoms with van der Waals surface area (Å²) >= 11 is 0. The second-order valence-electron chi connectivity index (χ2n) is 4.44. The normalized spacial score (nSPS) is 10.7. The Labute approximate surface area is 111 Å². The van der Waals surface area contributed by atoms with Gasteiger partial charge in [-0.2, -0.15) is 5.10 Å². The number of rotatable bonds is 4. The Morgan fingerprint density at radius 3 is 2.47 bits per heavy atom. The fraction of sp³-hybridized carbons (Fsp3) is 0.286. The van der Waals surface area contributed by atoms with E-state index in [2.05, 4.69) is 10.4 Å². The van der Waals surface area contributed by atoms with E-state index in [-0.39, 0.29) is 5.56 Å². The number of hydrogen-bond donors (Lipinski definition) is 2. The highest BCUT2D eigenvalue weighted by Gasteiger charge is 2.12. The van der Waals surface area contributed by atoms with E-state index < -0.39 is 5.97 Å². The van der Waals surface area contributed by atoms with Gasteiger partial charge in [0.15, 0.2) is 0 Å². The van der Waals surface area contributed by atoms with Gasteiger partial charge in [0, 0.05) is 17.8 Å². The minimum Gasteiger partial charge on any atom is -0.478 e. The monoisotopic (exact) mass is 259 g/mol. The third kappa shape index (κ3) is 2.51. The molecule has 2 aromatic rings. The Kier molecular flexibility index (Phi) is 3.66. The van der Waals surface area contributed by atoms with Crippen molar-refractivity contribution in [2.75, 3.05) is 7.05 Å². The van der Waals surface area contributed by atoms with Gasteiger partial charge in [0.2, 0.25) is 0 Å². The molecule has 5 nitrogen and oxygen atoms in total. The smallest absolute Gasteiger partial charge is 0.335 e. The zero-order valence-electron chi connectivity index (χ0n) is 11.3. The molecule has 0 fully saturated rings. The molecule has 0 radical (unpaired) electrons. The average Bonchev–Trinajstić information content (AvgIpc) is 2.67. The molecule has 0 unspecified atom stereocenters. The van der Waals surface area contributed by atoms with Crippen molar-refractivity contribution in [3.05, 3.63) is 46.8 Å². The highest BCUT2D eigenvalue weighted by Crippen LogP contribution is 2.18. The van der Waals surface area contributed by atoms with Crippen molar-refractivity contribution >= 4 is 5.97 Å². The zero-order chi connectivity index (χ0) is 14.0. The first-order chi connectivity index (χ1) is 9.04. The fourth-order valence-corrected chi connectivity index (χ4v) is 2.10. The number of aryl methyl sites for hydroxylation is 1. The van der Waals surface area contributed by atoms with E-state index in [1.165, 1.54) is 5.56 Å². The molecule has 19 heavy (non-hydrogen) atoms. The average molecular weight is 259 g/mol. The van der Waals surface area contributed by atoms with Gasteiger partial charge in [0.25, 0.3) is 0 Å². The molecule has 0 spiro atoms. The molecule has 2 N–H and O–H groups in total. The number of aromatic nitrogens is 2. The lowest BCUT2D eigenvalue weighted by atomic mass is 10.2. The van der Waals surface area contributed by atoms with Gasteiger partial charge in [-0.15, -0.1) is 0 Å². The van der Waals surface area contributed by atoms with Crippen LogP contribution in [0.25, 0.3) is 5.69 Å². The molecule has 100 valence electrons. The largest absolute Gasteiger partial charge is 0.478 e. The number of aromatic carboxylic acids is 1. The minimum absolute atomic E-state index is 0.278. The van der Waals surface area contributed by atoms with Gasteiger partial charge in [0.1, 0.15) is 0 Å². The molecule has 5 heteroatoms. The fourth-order valence-electron chi connectivity index (χ4n) is 2.10. The summed E-state index contributed by atoms with van der Waals surface area (Å²) in [5.74, 6) is -0.921. The van der Waals surface area contributed by atoms with Crippen LogP contribution in [-0.4, -0.2) is 27.9 Å². The second kappa shape index (κ2) is 5.24. The number of carboxylic acid groups (broad SMARTS) is 1. The topological polar surface area (TPSA) is 67.2 Å². The highest BCUT2D eigenvalue weighted by molar-refractivity contribution is 5.87. The van der Waals surface area contributed by atoms with Crippen LogP contribution in [0.1, 0.15) is 27.3 Å². The Bertz CT molecular complexity index is 600. The van der Waals surface area contributed by atoms with Crippen LogP contribution in [0.5, 0.6) is 0 Å². The summed E-state index contributed by atoms with van der Waals surface area (Å²) in [6.45, 7) is 4.75.